The molecule has 0 aliphatic carbocycles. The molecule has 1 fully saturated rings. The molecule has 4 aromatic rings. The average Bonchev–Trinajstić information content (AvgIpc) is 3.61. The first-order chi connectivity index (χ1) is 15.3. The Balaban J connectivity index is 1.41. The third kappa shape index (κ3) is 4.19. The number of aromatic nitrogens is 2. The molecule has 158 valence electrons. The number of likely N-dealkylation sites (tertiary alicyclic amines) is 1. The Bertz CT molecular complexity index is 1110. The standard InChI is InChI=1S/C24H24N4O2S/c29-24(25-16-20(21-10-6-14-30-21)27-12-4-5-13-27)19-17-28(18-8-2-1-3-9-18)26-23(19)22-11-7-15-31-22/h1-3,6-11,14-15,17,20H,4-5,12-13,16H2,(H,25,29)/t20-/m1/s1. The molecular formula is C24H24N4O2S. The summed E-state index contributed by atoms with van der Waals surface area (Å²) in [5, 5.41) is 9.88. The van der Waals surface area contributed by atoms with Crippen molar-refractivity contribution < 1.29 is 9.21 Å². The minimum atomic E-state index is -0.124. The molecule has 7 heteroatoms. The fraction of sp³-hybridized carbons (Fsp3) is 0.250. The lowest BCUT2D eigenvalue weighted by Gasteiger charge is -2.25. The van der Waals surface area contributed by atoms with Gasteiger partial charge in [-0.25, -0.2) is 4.68 Å². The molecule has 0 radical (unpaired) electrons. The number of benzene rings is 1. The van der Waals surface area contributed by atoms with Crippen LogP contribution in [0.15, 0.2) is 76.9 Å². The van der Waals surface area contributed by atoms with E-state index in [1.54, 1.807) is 22.3 Å². The van der Waals surface area contributed by atoms with Gasteiger partial charge in [-0.1, -0.05) is 24.3 Å². The third-order valence-corrected chi connectivity index (χ3v) is 6.52. The van der Waals surface area contributed by atoms with E-state index in [9.17, 15) is 4.79 Å². The smallest absolute Gasteiger partial charge is 0.255 e. The van der Waals surface area contributed by atoms with E-state index >= 15 is 0 Å². The van der Waals surface area contributed by atoms with Gasteiger partial charge in [0.05, 0.1) is 28.4 Å². The largest absolute Gasteiger partial charge is 0.468 e. The predicted octanol–water partition coefficient (Wildman–Crippen LogP) is 4.76. The van der Waals surface area contributed by atoms with Crippen molar-refractivity contribution in [3.05, 3.63) is 83.8 Å². The summed E-state index contributed by atoms with van der Waals surface area (Å²) < 4.78 is 7.46. The van der Waals surface area contributed by atoms with Crippen LogP contribution >= 0.6 is 11.3 Å². The van der Waals surface area contributed by atoms with Crippen molar-refractivity contribution in [2.45, 2.75) is 18.9 Å². The van der Waals surface area contributed by atoms with Crippen LogP contribution in [0.5, 0.6) is 0 Å². The molecule has 0 saturated carbocycles. The summed E-state index contributed by atoms with van der Waals surface area (Å²) in [5.74, 6) is 0.766. The van der Waals surface area contributed by atoms with Crippen molar-refractivity contribution >= 4 is 17.2 Å². The van der Waals surface area contributed by atoms with Gasteiger partial charge in [-0.2, -0.15) is 5.10 Å². The molecule has 6 nitrogen and oxygen atoms in total. The van der Waals surface area contributed by atoms with Crippen molar-refractivity contribution in [3.63, 3.8) is 0 Å². The van der Waals surface area contributed by atoms with Gasteiger partial charge in [0, 0.05) is 12.7 Å². The highest BCUT2D eigenvalue weighted by Gasteiger charge is 2.27. The van der Waals surface area contributed by atoms with E-state index in [2.05, 4.69) is 10.2 Å². The lowest BCUT2D eigenvalue weighted by atomic mass is 10.1. The summed E-state index contributed by atoms with van der Waals surface area (Å²) in [6.45, 7) is 2.54. The second kappa shape index (κ2) is 8.91. The van der Waals surface area contributed by atoms with Crippen molar-refractivity contribution in [2.75, 3.05) is 19.6 Å². The van der Waals surface area contributed by atoms with Crippen molar-refractivity contribution in [2.24, 2.45) is 0 Å². The summed E-state index contributed by atoms with van der Waals surface area (Å²) in [5.41, 5.74) is 2.20. The first-order valence-corrected chi connectivity index (χ1v) is 11.4. The highest BCUT2D eigenvalue weighted by atomic mass is 32.1. The maximum Gasteiger partial charge on any atom is 0.255 e. The average molecular weight is 433 g/mol. The van der Waals surface area contributed by atoms with Crippen LogP contribution in [0.2, 0.25) is 0 Å². The van der Waals surface area contributed by atoms with E-state index in [-0.39, 0.29) is 11.9 Å². The number of furan rings is 1. The number of rotatable bonds is 7. The van der Waals surface area contributed by atoms with Gasteiger partial charge in [-0.3, -0.25) is 9.69 Å². The molecule has 31 heavy (non-hydrogen) atoms. The number of hydrogen-bond donors (Lipinski definition) is 1. The zero-order valence-corrected chi connectivity index (χ0v) is 17.9. The molecule has 5 rings (SSSR count). The quantitative estimate of drug-likeness (QED) is 0.457. The number of nitrogens with zero attached hydrogens (tertiary/aromatic N) is 3. The molecule has 1 amide bonds. The van der Waals surface area contributed by atoms with E-state index < -0.39 is 0 Å². The Morgan fingerprint density at radius 1 is 1.10 bits per heavy atom. The fourth-order valence-electron chi connectivity index (χ4n) is 4.08. The Kier molecular flexibility index (Phi) is 5.69. The van der Waals surface area contributed by atoms with E-state index in [0.717, 1.165) is 29.4 Å². The molecule has 1 atom stereocenters. The van der Waals surface area contributed by atoms with Crippen molar-refractivity contribution in [1.29, 1.82) is 0 Å². The van der Waals surface area contributed by atoms with Crippen molar-refractivity contribution in [3.8, 4) is 16.3 Å². The molecular weight excluding hydrogens is 408 g/mol. The number of hydrogen-bond acceptors (Lipinski definition) is 5. The van der Waals surface area contributed by atoms with E-state index in [0.29, 0.717) is 17.8 Å². The summed E-state index contributed by atoms with van der Waals surface area (Å²) in [6.07, 6.45) is 5.87. The zero-order chi connectivity index (χ0) is 21.0. The van der Waals surface area contributed by atoms with Crippen LogP contribution in [-0.2, 0) is 0 Å². The maximum atomic E-state index is 13.3. The second-order valence-electron chi connectivity index (χ2n) is 7.63. The topological polar surface area (TPSA) is 63.3 Å². The minimum Gasteiger partial charge on any atom is -0.468 e. The molecule has 1 N–H and O–H groups in total. The van der Waals surface area contributed by atoms with Gasteiger partial charge in [0.15, 0.2) is 0 Å². The van der Waals surface area contributed by atoms with Gasteiger partial charge < -0.3 is 9.73 Å². The fourth-order valence-corrected chi connectivity index (χ4v) is 4.80. The molecule has 1 saturated heterocycles. The van der Waals surface area contributed by atoms with Crippen LogP contribution < -0.4 is 5.32 Å². The minimum absolute atomic E-state index is 0.0378. The highest BCUT2D eigenvalue weighted by molar-refractivity contribution is 7.13. The normalized spacial score (nSPS) is 15.2. The van der Waals surface area contributed by atoms with E-state index in [4.69, 9.17) is 9.52 Å². The summed E-state index contributed by atoms with van der Waals surface area (Å²) in [6, 6.07) is 17.7. The van der Waals surface area contributed by atoms with Gasteiger partial charge in [-0.05, 0) is 61.6 Å². The Hall–Kier alpha value is -3.16. The number of carbonyl (C=O) groups excluding carboxylic acids is 1. The lowest BCUT2D eigenvalue weighted by Crippen LogP contribution is -2.36. The van der Waals surface area contributed by atoms with Crippen LogP contribution in [0, 0.1) is 0 Å². The van der Waals surface area contributed by atoms with Crippen LogP contribution in [0.3, 0.4) is 0 Å². The maximum absolute atomic E-state index is 13.3. The summed E-state index contributed by atoms with van der Waals surface area (Å²) >= 11 is 1.58. The van der Waals surface area contributed by atoms with Gasteiger partial charge in [0.1, 0.15) is 11.5 Å². The number of para-hydroxylation sites is 1. The number of carbonyl (C=O) groups is 1. The van der Waals surface area contributed by atoms with E-state index in [1.165, 1.54) is 12.8 Å². The van der Waals surface area contributed by atoms with Crippen LogP contribution in [0.1, 0.15) is 35.0 Å². The SMILES string of the molecule is O=C(NC[C@H](c1ccco1)N1CCCC1)c1cn(-c2ccccc2)nc1-c1cccs1. The number of amides is 1. The molecule has 1 aliphatic heterocycles. The second-order valence-corrected chi connectivity index (χ2v) is 8.58. The Morgan fingerprint density at radius 3 is 2.65 bits per heavy atom. The van der Waals surface area contributed by atoms with Crippen LogP contribution in [0.25, 0.3) is 16.3 Å². The monoisotopic (exact) mass is 432 g/mol. The molecule has 3 aromatic heterocycles. The molecule has 1 aromatic carbocycles. The Morgan fingerprint density at radius 2 is 1.94 bits per heavy atom. The summed E-state index contributed by atoms with van der Waals surface area (Å²) in [7, 11) is 0. The highest BCUT2D eigenvalue weighted by Crippen LogP contribution is 2.29. The van der Waals surface area contributed by atoms with Gasteiger partial charge in [0.25, 0.3) is 5.91 Å². The zero-order valence-electron chi connectivity index (χ0n) is 17.1. The van der Waals surface area contributed by atoms with Crippen LogP contribution in [-0.4, -0.2) is 40.2 Å². The predicted molar refractivity (Wildman–Crippen MR) is 121 cm³/mol. The van der Waals surface area contributed by atoms with Gasteiger partial charge in [-0.15, -0.1) is 11.3 Å². The number of thiophene rings is 1. The molecule has 0 bridgehead atoms. The van der Waals surface area contributed by atoms with E-state index in [1.807, 2.05) is 66.2 Å². The third-order valence-electron chi connectivity index (χ3n) is 5.64. The van der Waals surface area contributed by atoms with Crippen molar-refractivity contribution in [1.82, 2.24) is 20.0 Å². The van der Waals surface area contributed by atoms with Gasteiger partial charge in [0.2, 0.25) is 0 Å². The first kappa shape index (κ1) is 19.8. The van der Waals surface area contributed by atoms with Crippen LogP contribution in [0.4, 0.5) is 0 Å². The molecule has 4 heterocycles. The molecule has 0 spiro atoms. The molecule has 1 aliphatic rings. The lowest BCUT2D eigenvalue weighted by molar-refractivity contribution is 0.0934. The summed E-state index contributed by atoms with van der Waals surface area (Å²) in [4.78, 5) is 16.6. The Labute approximate surface area is 185 Å². The first-order valence-electron chi connectivity index (χ1n) is 10.5. The molecule has 0 unspecified atom stereocenters. The van der Waals surface area contributed by atoms with Gasteiger partial charge >= 0.3 is 0 Å². The number of nitrogens with one attached hydrogen (secondary N) is 1.